The average molecular weight is 92.1 g/mol. The molecule has 0 aromatic heterocycles. The van der Waals surface area contributed by atoms with E-state index in [4.69, 9.17) is 0 Å². The van der Waals surface area contributed by atoms with Gasteiger partial charge in [-0.1, -0.05) is 12.8 Å². The molecule has 0 aromatic carbocycles. The largest absolute Gasteiger partial charge is 0.285 e. The molecule has 1 amide bonds. The Bertz CT molecular complexity index is 30.8. The summed E-state index contributed by atoms with van der Waals surface area (Å²) in [6.45, 7) is 0. The first-order valence-electron chi connectivity index (χ1n) is 0.998. The summed E-state index contributed by atoms with van der Waals surface area (Å²) >= 11 is 3.41. The van der Waals surface area contributed by atoms with Crippen LogP contribution < -0.4 is 10.3 Å². The van der Waals surface area contributed by atoms with Crippen molar-refractivity contribution in [1.82, 2.24) is 10.3 Å². The molecule has 0 rings (SSSR count). The number of amides is 1. The van der Waals surface area contributed by atoms with Crippen LogP contribution in [0.25, 0.3) is 0 Å². The molecule has 0 unspecified atom stereocenters. The summed E-state index contributed by atoms with van der Waals surface area (Å²) in [5.41, 5.74) is 2.04. The van der Waals surface area contributed by atoms with E-state index >= 15 is 0 Å². The molecule has 4 heteroatoms. The van der Waals surface area contributed by atoms with Gasteiger partial charge in [0.05, 0.1) is 0 Å². The Morgan fingerprint density at radius 2 is 2.40 bits per heavy atom. The zero-order valence-corrected chi connectivity index (χ0v) is 3.33. The lowest BCUT2D eigenvalue weighted by atomic mass is 11.4. The van der Waals surface area contributed by atoms with E-state index in [-0.39, 0.29) is 0 Å². The number of hydrazine groups is 1. The Labute approximate surface area is 35.3 Å². The summed E-state index contributed by atoms with van der Waals surface area (Å²) in [4.78, 5) is 11.3. The van der Waals surface area contributed by atoms with Crippen LogP contribution in [-0.2, 0) is 4.79 Å². The van der Waals surface area contributed by atoms with Gasteiger partial charge in [0, 0.05) is 0 Å². The van der Waals surface area contributed by atoms with Crippen molar-refractivity contribution in [2.75, 3.05) is 0 Å². The second-order valence-electron chi connectivity index (χ2n) is 0.374. The first kappa shape index (κ1) is 4.78. The van der Waals surface area contributed by atoms with E-state index in [9.17, 15) is 4.79 Å². The zero-order valence-electron chi connectivity index (χ0n) is 2.43. The smallest absolute Gasteiger partial charge is 0.221 e. The average Bonchev–Trinajstić information content (AvgIpc) is 1.41. The molecule has 0 spiro atoms. The lowest BCUT2D eigenvalue weighted by Gasteiger charge is -1.81. The molecule has 0 fully saturated rings. The minimum absolute atomic E-state index is 0.493. The van der Waals surface area contributed by atoms with Crippen molar-refractivity contribution in [2.45, 2.75) is 0 Å². The van der Waals surface area contributed by atoms with Crippen molar-refractivity contribution in [2.24, 2.45) is 0 Å². The standard InChI is InChI=1S/CH4N2OS/c4-1-2-3-5/h1,3,5H,(H,2,4). The van der Waals surface area contributed by atoms with E-state index in [1.165, 1.54) is 0 Å². The minimum atomic E-state index is 0.493. The van der Waals surface area contributed by atoms with Gasteiger partial charge in [-0.2, -0.15) is 4.83 Å². The molecular weight excluding hydrogens is 88.1 g/mol. The van der Waals surface area contributed by atoms with Gasteiger partial charge in [-0.15, -0.1) is 0 Å². The van der Waals surface area contributed by atoms with Gasteiger partial charge in [0.2, 0.25) is 6.41 Å². The van der Waals surface area contributed by atoms with E-state index in [1.807, 2.05) is 5.43 Å². The fourth-order valence-corrected chi connectivity index (χ4v) is 0.0791. The highest BCUT2D eigenvalue weighted by molar-refractivity contribution is 7.78. The molecule has 0 aliphatic heterocycles. The molecule has 2 N–H and O–H groups in total. The molecule has 0 aliphatic rings. The van der Waals surface area contributed by atoms with Crippen LogP contribution in [0.5, 0.6) is 0 Å². The predicted molar refractivity (Wildman–Crippen MR) is 21.3 cm³/mol. The summed E-state index contributed by atoms with van der Waals surface area (Å²) < 4.78 is 0. The summed E-state index contributed by atoms with van der Waals surface area (Å²) in [7, 11) is 0. The highest BCUT2D eigenvalue weighted by Gasteiger charge is 1.55. The van der Waals surface area contributed by atoms with Crippen LogP contribution in [0.2, 0.25) is 0 Å². The summed E-state index contributed by atoms with van der Waals surface area (Å²) in [6.07, 6.45) is 0.493. The quantitative estimate of drug-likeness (QED) is 0.234. The molecule has 0 aliphatic carbocycles. The zero-order chi connectivity index (χ0) is 4.12. The van der Waals surface area contributed by atoms with Gasteiger partial charge in [-0.3, -0.25) is 10.2 Å². The lowest BCUT2D eigenvalue weighted by Crippen LogP contribution is -2.19. The number of rotatable bonds is 2. The predicted octanol–water partition coefficient (Wildman–Crippen LogP) is -0.918. The number of carbonyl (C=O) groups excluding carboxylic acids is 1. The molecule has 0 radical (unpaired) electrons. The normalized spacial score (nSPS) is 6.60. The van der Waals surface area contributed by atoms with Crippen molar-refractivity contribution in [3.05, 3.63) is 0 Å². The topological polar surface area (TPSA) is 41.1 Å². The third-order valence-electron chi connectivity index (χ3n) is 0.123. The second-order valence-corrected chi connectivity index (χ2v) is 0.598. The van der Waals surface area contributed by atoms with Gasteiger partial charge in [0.15, 0.2) is 0 Å². The van der Waals surface area contributed by atoms with E-state index in [1.54, 1.807) is 0 Å². The van der Waals surface area contributed by atoms with Crippen LogP contribution in [0.4, 0.5) is 0 Å². The molecular formula is CH4N2OS. The van der Waals surface area contributed by atoms with E-state index < -0.39 is 0 Å². The number of carbonyl (C=O) groups is 1. The molecule has 0 saturated heterocycles. The summed E-state index contributed by atoms with van der Waals surface area (Å²) in [6, 6.07) is 0. The van der Waals surface area contributed by atoms with Crippen LogP contribution in [0.1, 0.15) is 0 Å². The molecule has 30 valence electrons. The first-order valence-corrected chi connectivity index (χ1v) is 1.45. The maximum absolute atomic E-state index is 9.18. The molecule has 0 atom stereocenters. The maximum atomic E-state index is 9.18. The van der Waals surface area contributed by atoms with Gasteiger partial charge >= 0.3 is 0 Å². The minimum Gasteiger partial charge on any atom is -0.285 e. The third kappa shape index (κ3) is 3.78. The van der Waals surface area contributed by atoms with E-state index in [0.29, 0.717) is 6.41 Å². The van der Waals surface area contributed by atoms with Crippen molar-refractivity contribution in [3.8, 4) is 0 Å². The number of thiol groups is 1. The van der Waals surface area contributed by atoms with Crippen molar-refractivity contribution < 1.29 is 4.79 Å². The second kappa shape index (κ2) is 3.78. The monoisotopic (exact) mass is 92.0 g/mol. The molecule has 0 aromatic rings. The number of nitrogens with one attached hydrogen (secondary N) is 2. The number of hydrogen-bond donors (Lipinski definition) is 3. The SMILES string of the molecule is O=CNNS. The highest BCUT2D eigenvalue weighted by atomic mass is 32.1. The maximum Gasteiger partial charge on any atom is 0.221 e. The molecule has 0 heterocycles. The number of hydrogen-bond acceptors (Lipinski definition) is 3. The van der Waals surface area contributed by atoms with Crippen LogP contribution in [0.15, 0.2) is 0 Å². The fraction of sp³-hybridized carbons (Fsp3) is 0. The van der Waals surface area contributed by atoms with Gasteiger partial charge in [0.1, 0.15) is 0 Å². The van der Waals surface area contributed by atoms with Crippen LogP contribution in [0.3, 0.4) is 0 Å². The van der Waals surface area contributed by atoms with Crippen LogP contribution >= 0.6 is 12.8 Å². The van der Waals surface area contributed by atoms with Crippen molar-refractivity contribution in [1.29, 1.82) is 0 Å². The van der Waals surface area contributed by atoms with E-state index in [2.05, 4.69) is 17.6 Å². The Morgan fingerprint density at radius 1 is 1.80 bits per heavy atom. The Balaban J connectivity index is 2.40. The molecule has 0 bridgehead atoms. The highest BCUT2D eigenvalue weighted by Crippen LogP contribution is 1.39. The van der Waals surface area contributed by atoms with Crippen molar-refractivity contribution >= 4 is 19.2 Å². The molecule has 0 saturated carbocycles. The summed E-state index contributed by atoms with van der Waals surface area (Å²) in [5.74, 6) is 0. The van der Waals surface area contributed by atoms with Crippen LogP contribution in [-0.4, -0.2) is 6.41 Å². The Hall–Kier alpha value is -0.220. The van der Waals surface area contributed by atoms with Gasteiger partial charge in [0.25, 0.3) is 0 Å². The summed E-state index contributed by atoms with van der Waals surface area (Å²) in [5, 5.41) is 0. The van der Waals surface area contributed by atoms with Gasteiger partial charge < -0.3 is 0 Å². The third-order valence-corrected chi connectivity index (χ3v) is 0.253. The molecule has 3 nitrogen and oxygen atoms in total. The molecule has 5 heavy (non-hydrogen) atoms. The van der Waals surface area contributed by atoms with Gasteiger partial charge in [-0.05, 0) is 0 Å². The first-order chi connectivity index (χ1) is 2.41. The van der Waals surface area contributed by atoms with Crippen LogP contribution in [0, 0.1) is 0 Å². The fourth-order valence-electron chi connectivity index (χ4n) is 0.0264. The Morgan fingerprint density at radius 3 is 2.40 bits per heavy atom. The van der Waals surface area contributed by atoms with Crippen molar-refractivity contribution in [3.63, 3.8) is 0 Å². The van der Waals surface area contributed by atoms with Gasteiger partial charge in [-0.25, -0.2) is 0 Å². The lowest BCUT2D eigenvalue weighted by molar-refractivity contribution is -0.109. The Kier molecular flexibility index (Phi) is 3.61. The van der Waals surface area contributed by atoms with E-state index in [0.717, 1.165) is 0 Å².